The zero-order chi connectivity index (χ0) is 33.8. The number of hydrogen-bond acceptors (Lipinski definition) is 9. The van der Waals surface area contributed by atoms with Crippen molar-refractivity contribution in [1.29, 1.82) is 0 Å². The molecular weight excluding hydrogens is 600 g/mol. The van der Waals surface area contributed by atoms with Gasteiger partial charge in [0.05, 0.1) is 27.9 Å². The third kappa shape index (κ3) is 10.7. The van der Waals surface area contributed by atoms with Gasteiger partial charge in [-0.15, -0.1) is 0 Å². The zero-order valence-electron chi connectivity index (χ0n) is 27.9. The van der Waals surface area contributed by atoms with Gasteiger partial charge in [-0.25, -0.2) is 9.97 Å². The second-order valence-corrected chi connectivity index (χ2v) is 12.1. The summed E-state index contributed by atoms with van der Waals surface area (Å²) in [6.07, 6.45) is 5.51. The van der Waals surface area contributed by atoms with Crippen molar-refractivity contribution in [1.82, 2.24) is 30.8 Å². The fourth-order valence-electron chi connectivity index (χ4n) is 5.66. The number of amides is 3. The highest BCUT2D eigenvalue weighted by atomic mass is 16.5. The number of nitrogens with zero attached hydrogens (tertiary/aromatic N) is 3. The SMILES string of the molecule is COc1ccc(C[C@@H]2NC(=O)c3ccc(OC)c(c3)CCCNC(=O)CN(Cc3cnc(OC)nc3)C[C@H](CC(C)C)NC2=O)cc1. The number of nitrogens with one attached hydrogen (secondary N) is 3. The van der Waals surface area contributed by atoms with E-state index in [0.717, 1.165) is 16.7 Å². The summed E-state index contributed by atoms with van der Waals surface area (Å²) in [5.41, 5.74) is 2.93. The van der Waals surface area contributed by atoms with E-state index in [1.54, 1.807) is 44.8 Å². The molecule has 0 unspecified atom stereocenters. The monoisotopic (exact) mass is 646 g/mol. The molecule has 1 aromatic heterocycles. The molecule has 1 aliphatic heterocycles. The fourth-order valence-corrected chi connectivity index (χ4v) is 5.66. The summed E-state index contributed by atoms with van der Waals surface area (Å²) in [5, 5.41) is 9.23. The van der Waals surface area contributed by atoms with Crippen LogP contribution in [0.1, 0.15) is 53.7 Å². The summed E-state index contributed by atoms with van der Waals surface area (Å²) in [6.45, 7) is 5.51. The summed E-state index contributed by atoms with van der Waals surface area (Å²) in [6, 6.07) is 11.8. The van der Waals surface area contributed by atoms with Crippen molar-refractivity contribution in [2.24, 2.45) is 5.92 Å². The summed E-state index contributed by atoms with van der Waals surface area (Å²) in [5.74, 6) is 0.805. The van der Waals surface area contributed by atoms with Crippen LogP contribution in [-0.4, -0.2) is 85.6 Å². The molecule has 0 saturated carbocycles. The average molecular weight is 647 g/mol. The Morgan fingerprint density at radius 1 is 0.915 bits per heavy atom. The molecule has 0 radical (unpaired) electrons. The first-order chi connectivity index (χ1) is 22.7. The molecule has 1 aliphatic rings. The van der Waals surface area contributed by atoms with Gasteiger partial charge < -0.3 is 30.2 Å². The first-order valence-electron chi connectivity index (χ1n) is 15.9. The quantitative estimate of drug-likeness (QED) is 0.320. The molecule has 12 heteroatoms. The van der Waals surface area contributed by atoms with Gasteiger partial charge in [0.2, 0.25) is 11.8 Å². The summed E-state index contributed by atoms with van der Waals surface area (Å²) < 4.78 is 16.0. The van der Waals surface area contributed by atoms with E-state index in [4.69, 9.17) is 14.2 Å². The molecule has 252 valence electrons. The number of rotatable bonds is 9. The van der Waals surface area contributed by atoms with Crippen LogP contribution in [0.4, 0.5) is 0 Å². The Bertz CT molecular complexity index is 1480. The van der Waals surface area contributed by atoms with Gasteiger partial charge in [-0.3, -0.25) is 19.3 Å². The minimum Gasteiger partial charge on any atom is -0.497 e. The van der Waals surface area contributed by atoms with Crippen LogP contribution in [0.25, 0.3) is 0 Å². The third-order valence-corrected chi connectivity index (χ3v) is 7.93. The molecule has 47 heavy (non-hydrogen) atoms. The lowest BCUT2D eigenvalue weighted by molar-refractivity contribution is -0.124. The van der Waals surface area contributed by atoms with Crippen LogP contribution in [0.3, 0.4) is 0 Å². The van der Waals surface area contributed by atoms with E-state index in [-0.39, 0.29) is 48.7 Å². The largest absolute Gasteiger partial charge is 0.497 e. The minimum absolute atomic E-state index is 0.112. The van der Waals surface area contributed by atoms with Crippen molar-refractivity contribution in [3.63, 3.8) is 0 Å². The van der Waals surface area contributed by atoms with Crippen molar-refractivity contribution in [3.8, 4) is 17.5 Å². The van der Waals surface area contributed by atoms with Gasteiger partial charge in [-0.2, -0.15) is 0 Å². The first kappa shape index (κ1) is 35.1. The molecule has 2 bridgehead atoms. The minimum atomic E-state index is -0.862. The highest BCUT2D eigenvalue weighted by Crippen LogP contribution is 2.22. The van der Waals surface area contributed by atoms with Gasteiger partial charge in [-0.05, 0) is 66.6 Å². The maximum atomic E-state index is 14.0. The molecule has 0 aliphatic carbocycles. The van der Waals surface area contributed by atoms with Gasteiger partial charge in [0, 0.05) is 55.6 Å². The van der Waals surface area contributed by atoms with E-state index in [2.05, 4.69) is 39.8 Å². The predicted molar refractivity (Wildman–Crippen MR) is 178 cm³/mol. The molecule has 2 aromatic carbocycles. The Hall–Kier alpha value is -4.71. The van der Waals surface area contributed by atoms with E-state index in [1.165, 1.54) is 7.11 Å². The van der Waals surface area contributed by atoms with E-state index < -0.39 is 6.04 Å². The van der Waals surface area contributed by atoms with Gasteiger partial charge >= 0.3 is 6.01 Å². The standard InChI is InChI=1S/C35H46N6O6/c1-23(2)15-28-21-41(20-25-18-37-35(47-5)38-19-25)22-32(42)36-14-6-7-26-17-27(10-13-31(26)46-4)33(43)40-30(34(44)39-28)16-24-8-11-29(45-3)12-9-24/h8-13,17-19,23,28,30H,6-7,14-16,20-22H2,1-5H3,(H,36,42)(H,39,44)(H,40,43)/t28-,30-/m0/s1. The molecule has 3 amide bonds. The number of carbonyl (C=O) groups is 3. The van der Waals surface area contributed by atoms with Gasteiger partial charge in [0.15, 0.2) is 0 Å². The highest BCUT2D eigenvalue weighted by Gasteiger charge is 2.27. The lowest BCUT2D eigenvalue weighted by Gasteiger charge is -2.30. The van der Waals surface area contributed by atoms with E-state index in [1.807, 2.05) is 29.2 Å². The van der Waals surface area contributed by atoms with E-state index in [0.29, 0.717) is 56.0 Å². The summed E-state index contributed by atoms with van der Waals surface area (Å²) in [7, 11) is 4.68. The molecule has 12 nitrogen and oxygen atoms in total. The van der Waals surface area contributed by atoms with Gasteiger partial charge in [0.25, 0.3) is 5.91 Å². The predicted octanol–water partition coefficient (Wildman–Crippen LogP) is 2.94. The number of aryl methyl sites for hydroxylation is 1. The molecular formula is C35H46N6O6. The highest BCUT2D eigenvalue weighted by molar-refractivity contribution is 5.98. The van der Waals surface area contributed by atoms with Crippen LogP contribution in [0, 0.1) is 5.92 Å². The number of aromatic nitrogens is 2. The molecule has 2 heterocycles. The second kappa shape index (κ2) is 17.3. The molecule has 3 N–H and O–H groups in total. The average Bonchev–Trinajstić information content (AvgIpc) is 3.06. The lowest BCUT2D eigenvalue weighted by atomic mass is 10.00. The lowest BCUT2D eigenvalue weighted by Crippen LogP contribution is -2.53. The van der Waals surface area contributed by atoms with E-state index in [9.17, 15) is 14.4 Å². The topological polar surface area (TPSA) is 144 Å². The van der Waals surface area contributed by atoms with Gasteiger partial charge in [0.1, 0.15) is 17.5 Å². The molecule has 0 spiro atoms. The Balaban J connectivity index is 1.67. The zero-order valence-corrected chi connectivity index (χ0v) is 27.9. The van der Waals surface area contributed by atoms with Crippen molar-refractivity contribution < 1.29 is 28.6 Å². The number of fused-ring (bicyclic) bond motifs is 2. The number of benzene rings is 2. The maximum Gasteiger partial charge on any atom is 0.316 e. The third-order valence-electron chi connectivity index (χ3n) is 7.93. The molecule has 4 rings (SSSR count). The number of methoxy groups -OCH3 is 3. The number of hydrogen-bond donors (Lipinski definition) is 3. The Kier molecular flexibility index (Phi) is 12.9. The van der Waals surface area contributed by atoms with Crippen molar-refractivity contribution in [2.75, 3.05) is 41.0 Å². The normalized spacial score (nSPS) is 18.5. The first-order valence-corrected chi connectivity index (χ1v) is 15.9. The van der Waals surface area contributed by atoms with Crippen LogP contribution in [0.2, 0.25) is 0 Å². The molecule has 0 saturated heterocycles. The summed E-state index contributed by atoms with van der Waals surface area (Å²) in [4.78, 5) is 51.3. The van der Waals surface area contributed by atoms with Gasteiger partial charge in [-0.1, -0.05) is 26.0 Å². The van der Waals surface area contributed by atoms with Crippen molar-refractivity contribution >= 4 is 17.7 Å². The fraction of sp³-hybridized carbons (Fsp3) is 0.457. The molecule has 0 fully saturated rings. The van der Waals surface area contributed by atoms with Crippen molar-refractivity contribution in [3.05, 3.63) is 77.1 Å². The number of carbonyl (C=O) groups excluding carboxylic acids is 3. The van der Waals surface area contributed by atoms with Crippen molar-refractivity contribution in [2.45, 2.75) is 58.2 Å². The summed E-state index contributed by atoms with van der Waals surface area (Å²) >= 11 is 0. The Morgan fingerprint density at radius 3 is 2.32 bits per heavy atom. The van der Waals surface area contributed by atoms with Crippen LogP contribution >= 0.6 is 0 Å². The second-order valence-electron chi connectivity index (χ2n) is 12.1. The Morgan fingerprint density at radius 2 is 1.66 bits per heavy atom. The Labute approximate surface area is 276 Å². The molecule has 2 atom stereocenters. The molecule has 3 aromatic rings. The van der Waals surface area contributed by atoms with Crippen LogP contribution in [0.5, 0.6) is 17.5 Å². The maximum absolute atomic E-state index is 14.0. The van der Waals surface area contributed by atoms with Crippen LogP contribution in [-0.2, 0) is 29.0 Å². The number of ether oxygens (including phenoxy) is 3. The van der Waals surface area contributed by atoms with E-state index >= 15 is 0 Å². The van der Waals surface area contributed by atoms with Crippen LogP contribution < -0.4 is 30.2 Å². The smallest absolute Gasteiger partial charge is 0.316 e. The van der Waals surface area contributed by atoms with Crippen LogP contribution in [0.15, 0.2) is 54.9 Å².